The van der Waals surface area contributed by atoms with Crippen LogP contribution in [0.15, 0.2) is 48.5 Å². The molecule has 3 atom stereocenters. The van der Waals surface area contributed by atoms with E-state index in [9.17, 15) is 19.5 Å². The minimum atomic E-state index is -1.06. The number of amides is 2. The molecule has 0 radical (unpaired) electrons. The van der Waals surface area contributed by atoms with Crippen LogP contribution in [0.25, 0.3) is 11.1 Å². The Kier molecular flexibility index (Phi) is 6.15. The van der Waals surface area contributed by atoms with Gasteiger partial charge < -0.3 is 20.1 Å². The number of aliphatic carboxylic acids is 1. The lowest BCUT2D eigenvalue weighted by Gasteiger charge is -2.35. The number of carboxylic acid groups (broad SMARTS) is 1. The van der Waals surface area contributed by atoms with Crippen LogP contribution in [0.5, 0.6) is 0 Å². The van der Waals surface area contributed by atoms with Crippen LogP contribution in [0.3, 0.4) is 0 Å². The zero-order chi connectivity index (χ0) is 23.8. The number of fused-ring (bicyclic) bond motifs is 3. The Balaban J connectivity index is 1.43. The van der Waals surface area contributed by atoms with Gasteiger partial charge in [-0.3, -0.25) is 4.79 Å². The van der Waals surface area contributed by atoms with Crippen molar-refractivity contribution >= 4 is 18.0 Å². The van der Waals surface area contributed by atoms with Crippen LogP contribution in [-0.2, 0) is 14.3 Å². The number of carbonyl (C=O) groups is 3. The molecule has 0 aromatic heterocycles. The van der Waals surface area contributed by atoms with Crippen molar-refractivity contribution < 1.29 is 24.2 Å². The van der Waals surface area contributed by atoms with Gasteiger partial charge in [0.05, 0.1) is 5.41 Å². The highest BCUT2D eigenvalue weighted by Gasteiger charge is 2.48. The number of benzene rings is 2. The summed E-state index contributed by atoms with van der Waals surface area (Å²) in [6.45, 7) is 3.47. The molecule has 1 fully saturated rings. The maximum absolute atomic E-state index is 13.1. The van der Waals surface area contributed by atoms with Crippen molar-refractivity contribution in [3.8, 4) is 11.1 Å². The molecule has 7 heteroatoms. The number of likely N-dealkylation sites (N-methyl/N-ethyl adjacent to an activating group) is 1. The van der Waals surface area contributed by atoms with Crippen molar-refractivity contribution in [2.45, 2.75) is 51.1 Å². The molecule has 2 N–H and O–H groups in total. The molecule has 7 nitrogen and oxygen atoms in total. The third kappa shape index (κ3) is 4.08. The van der Waals surface area contributed by atoms with Crippen molar-refractivity contribution in [2.24, 2.45) is 5.41 Å². The molecule has 0 saturated heterocycles. The summed E-state index contributed by atoms with van der Waals surface area (Å²) in [5.41, 5.74) is 3.72. The number of hydrogen-bond acceptors (Lipinski definition) is 4. The van der Waals surface area contributed by atoms with E-state index >= 15 is 0 Å². The summed E-state index contributed by atoms with van der Waals surface area (Å²) in [7, 11) is 1.50. The first kappa shape index (κ1) is 22.8. The molecule has 3 unspecified atom stereocenters. The van der Waals surface area contributed by atoms with E-state index in [-0.39, 0.29) is 18.4 Å². The molecule has 2 aromatic rings. The number of alkyl carbamates (subject to hydrolysis) is 1. The molecule has 0 bridgehead atoms. The van der Waals surface area contributed by atoms with E-state index in [1.807, 2.05) is 24.3 Å². The van der Waals surface area contributed by atoms with Gasteiger partial charge in [0.25, 0.3) is 0 Å². The largest absolute Gasteiger partial charge is 0.480 e. The standard InChI is InChI=1S/C26H30N2O5/c1-16(23(29)30)28(3)24(31)26(2)14-8-13-22(26)27-25(32)33-15-21-19-11-6-4-9-17(19)18-10-5-7-12-20(18)21/h4-7,9-12,16,21-22H,8,13-15H2,1-3H3,(H,27,32)(H,29,30). The van der Waals surface area contributed by atoms with Crippen molar-refractivity contribution in [1.82, 2.24) is 10.2 Å². The lowest BCUT2D eigenvalue weighted by Crippen LogP contribution is -2.54. The number of rotatable bonds is 6. The van der Waals surface area contributed by atoms with E-state index in [1.54, 1.807) is 6.92 Å². The Morgan fingerprint density at radius 3 is 2.27 bits per heavy atom. The molecule has 0 spiro atoms. The van der Waals surface area contributed by atoms with E-state index < -0.39 is 29.6 Å². The summed E-state index contributed by atoms with van der Waals surface area (Å²) in [5, 5.41) is 12.2. The molecule has 2 aliphatic carbocycles. The van der Waals surface area contributed by atoms with Gasteiger partial charge in [0, 0.05) is 19.0 Å². The molecular formula is C26H30N2O5. The van der Waals surface area contributed by atoms with Crippen LogP contribution >= 0.6 is 0 Å². The van der Waals surface area contributed by atoms with Crippen molar-refractivity contribution in [1.29, 1.82) is 0 Å². The molecule has 1 saturated carbocycles. The number of ether oxygens (including phenoxy) is 1. The summed E-state index contributed by atoms with van der Waals surface area (Å²) in [6.07, 6.45) is 1.43. The molecule has 2 amide bonds. The maximum Gasteiger partial charge on any atom is 0.407 e. The third-order valence-corrected chi connectivity index (χ3v) is 7.34. The molecular weight excluding hydrogens is 420 g/mol. The lowest BCUT2D eigenvalue weighted by molar-refractivity contribution is -0.153. The monoisotopic (exact) mass is 450 g/mol. The van der Waals surface area contributed by atoms with Gasteiger partial charge in [0.15, 0.2) is 0 Å². The Labute approximate surface area is 193 Å². The van der Waals surface area contributed by atoms with Crippen LogP contribution in [0.1, 0.15) is 50.2 Å². The number of carbonyl (C=O) groups excluding carboxylic acids is 2. The average Bonchev–Trinajstić information content (AvgIpc) is 3.34. The molecule has 2 aliphatic rings. The van der Waals surface area contributed by atoms with Gasteiger partial charge in [0.2, 0.25) is 5.91 Å². The highest BCUT2D eigenvalue weighted by Crippen LogP contribution is 2.44. The van der Waals surface area contributed by atoms with Gasteiger partial charge >= 0.3 is 12.1 Å². The first-order valence-corrected chi connectivity index (χ1v) is 11.4. The second-order valence-electron chi connectivity index (χ2n) is 9.26. The van der Waals surface area contributed by atoms with Gasteiger partial charge in [0.1, 0.15) is 12.6 Å². The molecule has 33 heavy (non-hydrogen) atoms. The Hall–Kier alpha value is -3.35. The second-order valence-corrected chi connectivity index (χ2v) is 9.26. The van der Waals surface area contributed by atoms with Gasteiger partial charge in [-0.2, -0.15) is 0 Å². The number of nitrogens with one attached hydrogen (secondary N) is 1. The SMILES string of the molecule is CC(C(=O)O)N(C)C(=O)C1(C)CCCC1NC(=O)OCC1c2ccccc2-c2ccccc21. The zero-order valence-electron chi connectivity index (χ0n) is 19.2. The van der Waals surface area contributed by atoms with Crippen LogP contribution in [0, 0.1) is 5.41 Å². The van der Waals surface area contributed by atoms with Crippen LogP contribution in [-0.4, -0.2) is 53.7 Å². The highest BCUT2D eigenvalue weighted by molar-refractivity contribution is 5.88. The fourth-order valence-electron chi connectivity index (χ4n) is 5.18. The summed E-state index contributed by atoms with van der Waals surface area (Å²) in [4.78, 5) is 38.4. The van der Waals surface area contributed by atoms with Gasteiger partial charge in [-0.15, -0.1) is 0 Å². The quantitative estimate of drug-likeness (QED) is 0.693. The van der Waals surface area contributed by atoms with Gasteiger partial charge in [-0.05, 0) is 48.9 Å². The normalized spacial score (nSPS) is 22.2. The Bertz CT molecular complexity index is 1040. The fourth-order valence-corrected chi connectivity index (χ4v) is 5.18. The number of carboxylic acids is 1. The fraction of sp³-hybridized carbons (Fsp3) is 0.423. The summed E-state index contributed by atoms with van der Waals surface area (Å²) >= 11 is 0. The Morgan fingerprint density at radius 1 is 1.12 bits per heavy atom. The van der Waals surface area contributed by atoms with Gasteiger partial charge in [-0.1, -0.05) is 55.0 Å². The van der Waals surface area contributed by atoms with Gasteiger partial charge in [-0.25, -0.2) is 9.59 Å². The lowest BCUT2D eigenvalue weighted by atomic mass is 9.83. The smallest absolute Gasteiger partial charge is 0.407 e. The minimum Gasteiger partial charge on any atom is -0.480 e. The first-order chi connectivity index (χ1) is 15.7. The first-order valence-electron chi connectivity index (χ1n) is 11.4. The van der Waals surface area contributed by atoms with Crippen molar-refractivity contribution in [2.75, 3.05) is 13.7 Å². The number of nitrogens with zero attached hydrogens (tertiary/aromatic N) is 1. The van der Waals surface area contributed by atoms with E-state index in [2.05, 4.69) is 29.6 Å². The van der Waals surface area contributed by atoms with Crippen LogP contribution in [0.4, 0.5) is 4.79 Å². The third-order valence-electron chi connectivity index (χ3n) is 7.34. The Morgan fingerprint density at radius 2 is 1.70 bits per heavy atom. The summed E-state index contributed by atoms with van der Waals surface area (Å²) < 4.78 is 5.65. The van der Waals surface area contributed by atoms with E-state index in [4.69, 9.17) is 4.74 Å². The van der Waals surface area contributed by atoms with Crippen LogP contribution in [0.2, 0.25) is 0 Å². The van der Waals surface area contributed by atoms with Crippen LogP contribution < -0.4 is 5.32 Å². The average molecular weight is 451 g/mol. The van der Waals surface area contributed by atoms with Crippen molar-refractivity contribution in [3.63, 3.8) is 0 Å². The van der Waals surface area contributed by atoms with E-state index in [0.29, 0.717) is 12.8 Å². The minimum absolute atomic E-state index is 0.0395. The number of hydrogen-bond donors (Lipinski definition) is 2. The summed E-state index contributed by atoms with van der Waals surface area (Å²) in [5.74, 6) is -1.38. The molecule has 0 heterocycles. The predicted octanol–water partition coefficient (Wildman–Crippen LogP) is 4.02. The molecule has 174 valence electrons. The van der Waals surface area contributed by atoms with Crippen molar-refractivity contribution in [3.05, 3.63) is 59.7 Å². The molecule has 4 rings (SSSR count). The molecule has 2 aromatic carbocycles. The maximum atomic E-state index is 13.1. The van der Waals surface area contributed by atoms with E-state index in [1.165, 1.54) is 18.9 Å². The summed E-state index contributed by atoms with van der Waals surface area (Å²) in [6, 6.07) is 14.9. The van der Waals surface area contributed by atoms with E-state index in [0.717, 1.165) is 28.7 Å². The zero-order valence-corrected chi connectivity index (χ0v) is 19.2. The topological polar surface area (TPSA) is 95.9 Å². The molecule has 0 aliphatic heterocycles. The highest BCUT2D eigenvalue weighted by atomic mass is 16.5. The second kappa shape index (κ2) is 8.89. The predicted molar refractivity (Wildman–Crippen MR) is 124 cm³/mol.